The van der Waals surface area contributed by atoms with E-state index in [1.165, 1.54) is 12.3 Å². The molecule has 0 radical (unpaired) electrons. The number of anilines is 1. The van der Waals surface area contributed by atoms with Crippen LogP contribution in [-0.2, 0) is 16.1 Å². The molecule has 0 aliphatic carbocycles. The Hall–Kier alpha value is -2.41. The van der Waals surface area contributed by atoms with Crippen LogP contribution in [-0.4, -0.2) is 28.7 Å². The molecule has 0 saturated heterocycles. The standard InChI is InChI=1S/C15H13BrN2O4/c16-12-6-7-13(17-8-12)18(9-14(19)20)15(21)22-10-11-4-2-1-3-5-11/h1-8H,9-10H2,(H,19,20). The minimum atomic E-state index is -1.15. The Labute approximate surface area is 135 Å². The number of pyridine rings is 1. The molecule has 7 heteroatoms. The van der Waals surface area contributed by atoms with E-state index >= 15 is 0 Å². The van der Waals surface area contributed by atoms with Crippen molar-refractivity contribution in [2.75, 3.05) is 11.4 Å². The van der Waals surface area contributed by atoms with E-state index in [1.807, 2.05) is 30.3 Å². The van der Waals surface area contributed by atoms with Gasteiger partial charge in [0.1, 0.15) is 19.0 Å². The number of amides is 1. The van der Waals surface area contributed by atoms with Gasteiger partial charge in [-0.1, -0.05) is 30.3 Å². The van der Waals surface area contributed by atoms with Gasteiger partial charge in [0, 0.05) is 10.7 Å². The van der Waals surface area contributed by atoms with Gasteiger partial charge in [0.05, 0.1) is 0 Å². The third-order valence-electron chi connectivity index (χ3n) is 2.71. The van der Waals surface area contributed by atoms with Gasteiger partial charge in [-0.05, 0) is 33.6 Å². The number of carbonyl (C=O) groups excluding carboxylic acids is 1. The molecule has 1 aromatic carbocycles. The summed E-state index contributed by atoms with van der Waals surface area (Å²) in [5, 5.41) is 8.95. The van der Waals surface area contributed by atoms with Crippen molar-refractivity contribution in [2.45, 2.75) is 6.61 Å². The van der Waals surface area contributed by atoms with E-state index in [-0.39, 0.29) is 12.4 Å². The zero-order valence-corrected chi connectivity index (χ0v) is 13.1. The van der Waals surface area contributed by atoms with Crippen LogP contribution in [0.2, 0.25) is 0 Å². The highest BCUT2D eigenvalue weighted by atomic mass is 79.9. The zero-order chi connectivity index (χ0) is 15.9. The second-order valence-electron chi connectivity index (χ2n) is 4.35. The molecule has 22 heavy (non-hydrogen) atoms. The topological polar surface area (TPSA) is 79.7 Å². The lowest BCUT2D eigenvalue weighted by atomic mass is 10.2. The first-order valence-electron chi connectivity index (χ1n) is 6.38. The maximum Gasteiger partial charge on any atom is 0.416 e. The minimum absolute atomic E-state index is 0.0618. The molecule has 6 nitrogen and oxygen atoms in total. The van der Waals surface area contributed by atoms with Crippen molar-refractivity contribution in [3.05, 3.63) is 58.7 Å². The fraction of sp³-hybridized carbons (Fsp3) is 0.133. The van der Waals surface area contributed by atoms with E-state index in [2.05, 4.69) is 20.9 Å². The van der Waals surface area contributed by atoms with Crippen molar-refractivity contribution < 1.29 is 19.4 Å². The van der Waals surface area contributed by atoms with Gasteiger partial charge >= 0.3 is 12.1 Å². The van der Waals surface area contributed by atoms with Crippen LogP contribution in [0.25, 0.3) is 0 Å². The number of hydrogen-bond donors (Lipinski definition) is 1. The smallest absolute Gasteiger partial charge is 0.416 e. The maximum absolute atomic E-state index is 12.1. The second-order valence-corrected chi connectivity index (χ2v) is 5.27. The third-order valence-corrected chi connectivity index (χ3v) is 3.18. The Kier molecular flexibility index (Phi) is 5.48. The Bertz CT molecular complexity index is 646. The highest BCUT2D eigenvalue weighted by Crippen LogP contribution is 2.16. The van der Waals surface area contributed by atoms with Gasteiger partial charge in [-0.3, -0.25) is 9.69 Å². The molecule has 0 spiro atoms. The van der Waals surface area contributed by atoms with E-state index < -0.39 is 18.6 Å². The normalized spacial score (nSPS) is 10.0. The van der Waals surface area contributed by atoms with Crippen LogP contribution in [0, 0.1) is 0 Å². The van der Waals surface area contributed by atoms with Gasteiger partial charge in [0.2, 0.25) is 0 Å². The molecular formula is C15H13BrN2O4. The molecule has 0 fully saturated rings. The molecule has 0 aliphatic heterocycles. The zero-order valence-electron chi connectivity index (χ0n) is 11.5. The monoisotopic (exact) mass is 364 g/mol. The Morgan fingerprint density at radius 2 is 1.91 bits per heavy atom. The van der Waals surface area contributed by atoms with Crippen molar-refractivity contribution in [3.8, 4) is 0 Å². The Balaban J connectivity index is 2.09. The highest BCUT2D eigenvalue weighted by molar-refractivity contribution is 9.10. The van der Waals surface area contributed by atoms with E-state index in [0.29, 0.717) is 0 Å². The number of carboxylic acids is 1. The van der Waals surface area contributed by atoms with Gasteiger partial charge in [-0.15, -0.1) is 0 Å². The van der Waals surface area contributed by atoms with Crippen molar-refractivity contribution in [3.63, 3.8) is 0 Å². The van der Waals surface area contributed by atoms with E-state index in [9.17, 15) is 9.59 Å². The quantitative estimate of drug-likeness (QED) is 0.881. The van der Waals surface area contributed by atoms with Crippen LogP contribution in [0.5, 0.6) is 0 Å². The number of benzene rings is 1. The number of carbonyl (C=O) groups is 2. The lowest BCUT2D eigenvalue weighted by Crippen LogP contribution is -2.36. The fourth-order valence-corrected chi connectivity index (χ4v) is 1.93. The predicted octanol–water partition coefficient (Wildman–Crippen LogP) is 3.07. The van der Waals surface area contributed by atoms with Crippen LogP contribution in [0.1, 0.15) is 5.56 Å². The lowest BCUT2D eigenvalue weighted by Gasteiger charge is -2.19. The van der Waals surface area contributed by atoms with Crippen LogP contribution in [0.3, 0.4) is 0 Å². The van der Waals surface area contributed by atoms with Gasteiger partial charge in [0.25, 0.3) is 0 Å². The number of ether oxygens (including phenoxy) is 1. The van der Waals surface area contributed by atoms with E-state index in [4.69, 9.17) is 9.84 Å². The first-order chi connectivity index (χ1) is 10.6. The Morgan fingerprint density at radius 1 is 1.18 bits per heavy atom. The summed E-state index contributed by atoms with van der Waals surface area (Å²) in [6.07, 6.45) is 0.718. The number of carboxylic acid groups (broad SMARTS) is 1. The molecule has 114 valence electrons. The highest BCUT2D eigenvalue weighted by Gasteiger charge is 2.21. The molecule has 1 N–H and O–H groups in total. The number of halogens is 1. The molecule has 1 aromatic heterocycles. The molecule has 0 bridgehead atoms. The summed E-state index contributed by atoms with van der Waals surface area (Å²) in [7, 11) is 0. The summed E-state index contributed by atoms with van der Waals surface area (Å²) < 4.78 is 5.87. The van der Waals surface area contributed by atoms with Crippen molar-refractivity contribution in [2.24, 2.45) is 0 Å². The van der Waals surface area contributed by atoms with Crippen molar-refractivity contribution in [1.82, 2.24) is 4.98 Å². The van der Waals surface area contributed by atoms with Crippen LogP contribution < -0.4 is 4.90 Å². The van der Waals surface area contributed by atoms with E-state index in [1.54, 1.807) is 6.07 Å². The molecule has 2 aromatic rings. The maximum atomic E-state index is 12.1. The molecular weight excluding hydrogens is 352 g/mol. The number of aliphatic carboxylic acids is 1. The Morgan fingerprint density at radius 3 is 2.50 bits per heavy atom. The minimum Gasteiger partial charge on any atom is -0.480 e. The van der Waals surface area contributed by atoms with Crippen molar-refractivity contribution >= 4 is 33.8 Å². The number of aromatic nitrogens is 1. The van der Waals surface area contributed by atoms with Crippen LogP contribution in [0.15, 0.2) is 53.1 Å². The summed E-state index contributed by atoms with van der Waals surface area (Å²) in [5.41, 5.74) is 0.815. The summed E-state index contributed by atoms with van der Waals surface area (Å²) >= 11 is 3.23. The summed E-state index contributed by atoms with van der Waals surface area (Å²) in [4.78, 5) is 28.1. The molecule has 1 heterocycles. The first-order valence-corrected chi connectivity index (χ1v) is 7.17. The molecule has 1 amide bonds. The average Bonchev–Trinajstić information content (AvgIpc) is 2.52. The van der Waals surface area contributed by atoms with Crippen molar-refractivity contribution in [1.29, 1.82) is 0 Å². The third kappa shape index (κ3) is 4.56. The molecule has 0 unspecified atom stereocenters. The predicted molar refractivity (Wildman–Crippen MR) is 83.5 cm³/mol. The number of nitrogens with zero attached hydrogens (tertiary/aromatic N) is 2. The summed E-state index contributed by atoms with van der Waals surface area (Å²) in [6, 6.07) is 12.3. The molecule has 0 atom stereocenters. The molecule has 2 rings (SSSR count). The van der Waals surface area contributed by atoms with Gasteiger partial charge in [-0.2, -0.15) is 0 Å². The largest absolute Gasteiger partial charge is 0.480 e. The number of rotatable bonds is 5. The fourth-order valence-electron chi connectivity index (χ4n) is 1.70. The van der Waals surface area contributed by atoms with Crippen LogP contribution >= 0.6 is 15.9 Å². The SMILES string of the molecule is O=C(O)CN(C(=O)OCc1ccccc1)c1ccc(Br)cn1. The average molecular weight is 365 g/mol. The van der Waals surface area contributed by atoms with Gasteiger partial charge in [-0.25, -0.2) is 9.78 Å². The first kappa shape index (κ1) is 16.0. The number of hydrogen-bond acceptors (Lipinski definition) is 4. The van der Waals surface area contributed by atoms with E-state index in [0.717, 1.165) is 14.9 Å². The molecule has 0 aliphatic rings. The van der Waals surface area contributed by atoms with Gasteiger partial charge in [0.15, 0.2) is 0 Å². The molecule has 0 saturated carbocycles. The van der Waals surface area contributed by atoms with Gasteiger partial charge < -0.3 is 9.84 Å². The summed E-state index contributed by atoms with van der Waals surface area (Å²) in [5.74, 6) is -0.940. The lowest BCUT2D eigenvalue weighted by molar-refractivity contribution is -0.135. The summed E-state index contributed by atoms with van der Waals surface area (Å²) in [6.45, 7) is -0.464. The van der Waals surface area contributed by atoms with Crippen LogP contribution in [0.4, 0.5) is 10.6 Å². The second kappa shape index (κ2) is 7.56.